The maximum Gasteiger partial charge on any atom is 0.217 e. The van der Waals surface area contributed by atoms with Gasteiger partial charge >= 0.3 is 0 Å². The van der Waals surface area contributed by atoms with E-state index in [9.17, 15) is 19.7 Å². The first-order valence-corrected chi connectivity index (χ1v) is 10.4. The number of carbonyl (C=O) groups excluding carboxylic acids is 2. The van der Waals surface area contributed by atoms with Gasteiger partial charge in [0.15, 0.2) is 11.6 Å². The molecule has 1 aliphatic carbocycles. The van der Waals surface area contributed by atoms with Gasteiger partial charge in [-0.2, -0.15) is 0 Å². The highest BCUT2D eigenvalue weighted by atomic mass is 16.6. The van der Waals surface area contributed by atoms with E-state index >= 15 is 0 Å². The maximum absolute atomic E-state index is 13.6. The molecular weight excluding hydrogens is 390 g/mol. The van der Waals surface area contributed by atoms with Gasteiger partial charge in [-0.15, -0.1) is 0 Å². The van der Waals surface area contributed by atoms with E-state index in [2.05, 4.69) is 0 Å². The van der Waals surface area contributed by atoms with Crippen LogP contribution in [0.15, 0.2) is 84.9 Å². The quantitative estimate of drug-likeness (QED) is 0.299. The van der Waals surface area contributed by atoms with Gasteiger partial charge in [-0.1, -0.05) is 84.9 Å². The number of ketones is 2. The van der Waals surface area contributed by atoms with Crippen LogP contribution in [0.4, 0.5) is 0 Å². The van der Waals surface area contributed by atoms with Crippen molar-refractivity contribution >= 4 is 11.6 Å². The van der Waals surface area contributed by atoms with Gasteiger partial charge < -0.3 is 0 Å². The molecule has 31 heavy (non-hydrogen) atoms. The number of nitrogens with zero attached hydrogens (tertiary/aromatic N) is 1. The molecule has 5 heteroatoms. The van der Waals surface area contributed by atoms with Gasteiger partial charge in [0, 0.05) is 41.2 Å². The predicted molar refractivity (Wildman–Crippen MR) is 118 cm³/mol. The number of carbonyl (C=O) groups is 2. The summed E-state index contributed by atoms with van der Waals surface area (Å²) in [5.41, 5.74) is 2.75. The normalized spacial score (nSPS) is 20.6. The van der Waals surface area contributed by atoms with Crippen LogP contribution in [0.3, 0.4) is 0 Å². The summed E-state index contributed by atoms with van der Waals surface area (Å²) in [6.07, 6.45) is 0.130. The van der Waals surface area contributed by atoms with Crippen molar-refractivity contribution < 1.29 is 14.5 Å². The Balaban J connectivity index is 1.80. The molecule has 1 aliphatic rings. The van der Waals surface area contributed by atoms with Crippen molar-refractivity contribution in [1.29, 1.82) is 0 Å². The van der Waals surface area contributed by atoms with E-state index in [4.69, 9.17) is 0 Å². The Morgan fingerprint density at radius 3 is 1.94 bits per heavy atom. The van der Waals surface area contributed by atoms with Gasteiger partial charge in [0.2, 0.25) is 6.04 Å². The van der Waals surface area contributed by atoms with Gasteiger partial charge in [0.1, 0.15) is 0 Å². The average molecular weight is 413 g/mol. The van der Waals surface area contributed by atoms with E-state index in [1.54, 1.807) is 55.5 Å². The number of fused-ring (bicyclic) bond motifs is 1. The SMILES string of the molecule is CC([C@H]1c2ccccc2[C@@H](CC(=O)c2ccccc2)[C@@H]1C(=O)c1ccccc1)[N+](=O)[O-]. The summed E-state index contributed by atoms with van der Waals surface area (Å²) in [6.45, 7) is 1.55. The van der Waals surface area contributed by atoms with Crippen molar-refractivity contribution in [2.45, 2.75) is 31.2 Å². The molecule has 0 bridgehead atoms. The summed E-state index contributed by atoms with van der Waals surface area (Å²) < 4.78 is 0. The summed E-state index contributed by atoms with van der Waals surface area (Å²) in [5.74, 6) is -1.90. The molecule has 5 nitrogen and oxygen atoms in total. The highest BCUT2D eigenvalue weighted by Crippen LogP contribution is 2.51. The van der Waals surface area contributed by atoms with Gasteiger partial charge in [-0.25, -0.2) is 0 Å². The Bertz CT molecular complexity index is 1110. The first kappa shape index (κ1) is 20.7. The van der Waals surface area contributed by atoms with Crippen LogP contribution in [-0.2, 0) is 0 Å². The van der Waals surface area contributed by atoms with E-state index < -0.39 is 23.8 Å². The molecule has 0 amide bonds. The van der Waals surface area contributed by atoms with Crippen molar-refractivity contribution in [3.63, 3.8) is 0 Å². The standard InChI is InChI=1S/C26H23NO4/c1-17(27(30)31)24-21-15-9-8-14-20(21)22(16-23(28)18-10-4-2-5-11-18)25(24)26(29)19-12-6-3-7-13-19/h2-15,17,22,24-25H,16H2,1H3/t17?,22-,24+,25+/m1/s1. The molecule has 3 aromatic rings. The van der Waals surface area contributed by atoms with Gasteiger partial charge in [0.25, 0.3) is 0 Å². The second-order valence-corrected chi connectivity index (χ2v) is 8.04. The highest BCUT2D eigenvalue weighted by Gasteiger charge is 2.50. The van der Waals surface area contributed by atoms with Crippen LogP contribution >= 0.6 is 0 Å². The Labute approximate surface area is 180 Å². The van der Waals surface area contributed by atoms with Crippen LogP contribution in [0.2, 0.25) is 0 Å². The number of nitro groups is 1. The van der Waals surface area contributed by atoms with Crippen molar-refractivity contribution in [3.05, 3.63) is 117 Å². The number of hydrogen-bond donors (Lipinski definition) is 0. The molecule has 0 heterocycles. The Morgan fingerprint density at radius 2 is 1.35 bits per heavy atom. The first-order chi connectivity index (χ1) is 15.0. The minimum atomic E-state index is -0.948. The van der Waals surface area contributed by atoms with Crippen molar-refractivity contribution in [3.8, 4) is 0 Å². The van der Waals surface area contributed by atoms with Crippen LogP contribution in [0, 0.1) is 16.0 Å². The summed E-state index contributed by atoms with van der Waals surface area (Å²) >= 11 is 0. The van der Waals surface area contributed by atoms with E-state index in [-0.39, 0.29) is 22.9 Å². The lowest BCUT2D eigenvalue weighted by atomic mass is 9.76. The average Bonchev–Trinajstić information content (AvgIpc) is 3.13. The third kappa shape index (κ3) is 3.91. The Hall–Kier alpha value is -3.60. The molecule has 3 aromatic carbocycles. The molecule has 0 aliphatic heterocycles. The van der Waals surface area contributed by atoms with Crippen LogP contribution in [-0.4, -0.2) is 22.5 Å². The van der Waals surface area contributed by atoms with Gasteiger partial charge in [-0.3, -0.25) is 19.7 Å². The largest absolute Gasteiger partial charge is 0.294 e. The van der Waals surface area contributed by atoms with E-state index in [1.807, 2.05) is 36.4 Å². The molecule has 4 atom stereocenters. The Kier molecular flexibility index (Phi) is 5.76. The predicted octanol–water partition coefficient (Wildman–Crippen LogP) is 5.30. The Morgan fingerprint density at radius 1 is 0.839 bits per heavy atom. The molecule has 1 unspecified atom stereocenters. The highest BCUT2D eigenvalue weighted by molar-refractivity contribution is 6.01. The summed E-state index contributed by atoms with van der Waals surface area (Å²) in [5, 5.41) is 11.8. The zero-order valence-corrected chi connectivity index (χ0v) is 17.2. The fourth-order valence-corrected chi connectivity index (χ4v) is 4.80. The molecule has 0 saturated carbocycles. The minimum absolute atomic E-state index is 0.0688. The fourth-order valence-electron chi connectivity index (χ4n) is 4.80. The molecular formula is C26H23NO4. The smallest absolute Gasteiger partial charge is 0.217 e. The summed E-state index contributed by atoms with van der Waals surface area (Å²) in [6, 6.07) is 24.3. The number of benzene rings is 3. The molecule has 0 spiro atoms. The minimum Gasteiger partial charge on any atom is -0.294 e. The molecule has 0 fully saturated rings. The first-order valence-electron chi connectivity index (χ1n) is 10.4. The van der Waals surface area contributed by atoms with E-state index in [0.717, 1.165) is 11.1 Å². The zero-order valence-electron chi connectivity index (χ0n) is 17.2. The van der Waals surface area contributed by atoms with Crippen LogP contribution < -0.4 is 0 Å². The molecule has 0 saturated heterocycles. The van der Waals surface area contributed by atoms with Gasteiger partial charge in [-0.05, 0) is 11.1 Å². The molecule has 0 radical (unpaired) electrons. The second kappa shape index (κ2) is 8.64. The topological polar surface area (TPSA) is 77.3 Å². The van der Waals surface area contributed by atoms with Crippen molar-refractivity contribution in [2.24, 2.45) is 5.92 Å². The third-order valence-corrected chi connectivity index (χ3v) is 6.29. The molecule has 0 aromatic heterocycles. The van der Waals surface area contributed by atoms with Crippen LogP contribution in [0.25, 0.3) is 0 Å². The summed E-state index contributed by atoms with van der Waals surface area (Å²) in [7, 11) is 0. The van der Waals surface area contributed by atoms with E-state index in [1.165, 1.54) is 0 Å². The summed E-state index contributed by atoms with van der Waals surface area (Å²) in [4.78, 5) is 38.2. The lowest BCUT2D eigenvalue weighted by molar-refractivity contribution is -0.523. The molecule has 0 N–H and O–H groups in total. The number of hydrogen-bond acceptors (Lipinski definition) is 4. The lowest BCUT2D eigenvalue weighted by Crippen LogP contribution is -2.33. The zero-order chi connectivity index (χ0) is 22.0. The molecule has 4 rings (SSSR count). The maximum atomic E-state index is 13.6. The van der Waals surface area contributed by atoms with E-state index in [0.29, 0.717) is 11.1 Å². The fraction of sp³-hybridized carbons (Fsp3) is 0.231. The number of Topliss-reactive ketones (excluding diaryl/α,β-unsaturated/α-hetero) is 2. The van der Waals surface area contributed by atoms with Crippen molar-refractivity contribution in [1.82, 2.24) is 0 Å². The molecule has 156 valence electrons. The number of rotatable bonds is 7. The second-order valence-electron chi connectivity index (χ2n) is 8.04. The van der Waals surface area contributed by atoms with Gasteiger partial charge in [0.05, 0.1) is 5.92 Å². The van der Waals surface area contributed by atoms with Crippen LogP contribution in [0.1, 0.15) is 57.0 Å². The van der Waals surface area contributed by atoms with Crippen molar-refractivity contribution in [2.75, 3.05) is 0 Å². The monoisotopic (exact) mass is 413 g/mol. The van der Waals surface area contributed by atoms with Crippen LogP contribution in [0.5, 0.6) is 0 Å². The lowest BCUT2D eigenvalue weighted by Gasteiger charge is -2.25. The third-order valence-electron chi connectivity index (χ3n) is 6.29.